The Morgan fingerprint density at radius 1 is 1.14 bits per heavy atom. The first-order chi connectivity index (χ1) is 2.00. The molecule has 0 atom stereocenters. The van der Waals surface area contributed by atoms with E-state index in [-0.39, 0.29) is 29.4 Å². The summed E-state index contributed by atoms with van der Waals surface area (Å²) in [7, 11) is -5.17. The summed E-state index contributed by atoms with van der Waals surface area (Å²) in [6.45, 7) is 0. The molecule has 0 amide bonds. The van der Waals surface area contributed by atoms with Crippen molar-refractivity contribution in [3.05, 3.63) is 0 Å². The number of hydrogen-bond donors (Lipinski definition) is 0. The van der Waals surface area contributed by atoms with Gasteiger partial charge in [0.25, 0.3) is 0 Å². The molecule has 0 saturated carbocycles. The second-order valence-electron chi connectivity index (χ2n) is 0.408. The van der Waals surface area contributed by atoms with Crippen LogP contribution in [0.1, 0.15) is 0 Å². The number of hydrogen-bond acceptors (Lipinski definition) is 4. The van der Waals surface area contributed by atoms with Gasteiger partial charge >= 0.3 is 23.9 Å². The molecular formula is H2O5SSn. The average Bonchev–Trinajstić information content (AvgIpc) is 0.722. The van der Waals surface area contributed by atoms with Crippen molar-refractivity contribution in [1.29, 1.82) is 0 Å². The molecule has 0 aromatic carbocycles. The van der Waals surface area contributed by atoms with Gasteiger partial charge in [0.2, 0.25) is 0 Å². The first-order valence-corrected chi connectivity index (χ1v) is 2.00. The van der Waals surface area contributed by atoms with Gasteiger partial charge < -0.3 is 14.6 Å². The first-order valence-electron chi connectivity index (χ1n) is 0.667. The van der Waals surface area contributed by atoms with E-state index in [9.17, 15) is 0 Å². The third-order valence-electron chi connectivity index (χ3n) is 0. The Bertz CT molecular complexity index is 91.2. The van der Waals surface area contributed by atoms with Crippen LogP contribution in [0.2, 0.25) is 0 Å². The standard InChI is InChI=1S/H2O4S.H2O.Sn/c1-5(2,3)4;;/h(H2,1,2,3,4);1H2;/q;;+2/p-2. The van der Waals surface area contributed by atoms with Gasteiger partial charge in [0.05, 0.1) is 0 Å². The van der Waals surface area contributed by atoms with E-state index in [1.54, 1.807) is 0 Å². The quantitative estimate of drug-likeness (QED) is 0.260. The summed E-state index contributed by atoms with van der Waals surface area (Å²) in [5.74, 6) is 0. The minimum atomic E-state index is -5.17. The Hall–Kier alpha value is 0.629. The third kappa shape index (κ3) is 359. The zero-order valence-electron chi connectivity index (χ0n) is 3.04. The second-order valence-corrected chi connectivity index (χ2v) is 1.22. The van der Waals surface area contributed by atoms with Crippen LogP contribution in [0.5, 0.6) is 0 Å². The Morgan fingerprint density at radius 3 is 1.14 bits per heavy atom. The Labute approximate surface area is 57.6 Å². The summed E-state index contributed by atoms with van der Waals surface area (Å²) in [6.07, 6.45) is 0. The zero-order valence-corrected chi connectivity index (χ0v) is 6.71. The molecule has 0 aliphatic carbocycles. The monoisotopic (exact) mass is 234 g/mol. The van der Waals surface area contributed by atoms with Crippen molar-refractivity contribution in [2.45, 2.75) is 0 Å². The molecule has 0 unspecified atom stereocenters. The molecule has 0 fully saturated rings. The van der Waals surface area contributed by atoms with Crippen molar-refractivity contribution in [2.24, 2.45) is 0 Å². The average molecular weight is 233 g/mol. The summed E-state index contributed by atoms with van der Waals surface area (Å²) >= 11 is 0. The van der Waals surface area contributed by atoms with Crippen molar-refractivity contribution in [3.8, 4) is 0 Å². The minimum absolute atomic E-state index is 0. The van der Waals surface area contributed by atoms with E-state index in [1.807, 2.05) is 0 Å². The fraction of sp³-hybridized carbons (Fsp3) is 0. The van der Waals surface area contributed by atoms with Crippen LogP contribution in [0.25, 0.3) is 0 Å². The Morgan fingerprint density at radius 2 is 1.14 bits per heavy atom. The van der Waals surface area contributed by atoms with E-state index < -0.39 is 10.4 Å². The zero-order chi connectivity index (χ0) is 4.50. The maximum Gasteiger partial charge on any atom is 2.00 e. The fourth-order valence-electron chi connectivity index (χ4n) is 0. The van der Waals surface area contributed by atoms with Crippen LogP contribution in [0, 0.1) is 0 Å². The second kappa shape index (κ2) is 4.78. The Balaban J connectivity index is -0.0000000800. The molecule has 0 rings (SSSR count). The maximum atomic E-state index is 8.52. The predicted octanol–water partition coefficient (Wildman–Crippen LogP) is -2.54. The molecule has 7 heteroatoms. The van der Waals surface area contributed by atoms with E-state index in [0.717, 1.165) is 0 Å². The molecule has 2 N–H and O–H groups in total. The summed E-state index contributed by atoms with van der Waals surface area (Å²) < 4.78 is 34.1. The van der Waals surface area contributed by atoms with Gasteiger partial charge in [-0.1, -0.05) is 0 Å². The predicted molar refractivity (Wildman–Crippen MR) is 19.8 cm³/mol. The molecule has 5 nitrogen and oxygen atoms in total. The Kier molecular flexibility index (Phi) is 10.7. The summed E-state index contributed by atoms with van der Waals surface area (Å²) in [5, 5.41) is 0. The molecule has 0 aliphatic heterocycles. The van der Waals surface area contributed by atoms with Gasteiger partial charge in [-0.25, -0.2) is 0 Å². The van der Waals surface area contributed by atoms with Gasteiger partial charge in [-0.15, -0.1) is 0 Å². The molecule has 0 saturated heterocycles. The largest absolute Gasteiger partial charge is 2.00 e. The van der Waals surface area contributed by atoms with Crippen LogP contribution in [0.15, 0.2) is 0 Å². The van der Waals surface area contributed by atoms with Gasteiger partial charge in [0.1, 0.15) is 0 Å². The van der Waals surface area contributed by atoms with Crippen LogP contribution in [0.3, 0.4) is 0 Å². The molecule has 0 heterocycles. The van der Waals surface area contributed by atoms with Crippen molar-refractivity contribution < 1.29 is 23.0 Å². The van der Waals surface area contributed by atoms with Crippen LogP contribution in [-0.4, -0.2) is 46.9 Å². The maximum absolute atomic E-state index is 8.52. The van der Waals surface area contributed by atoms with E-state index in [4.69, 9.17) is 17.5 Å². The molecule has 0 aromatic heterocycles. The molecule has 0 aliphatic rings. The smallest absolute Gasteiger partial charge is 0.759 e. The van der Waals surface area contributed by atoms with E-state index in [1.165, 1.54) is 0 Å². The molecular weight excluding hydrogens is 231 g/mol. The van der Waals surface area contributed by atoms with Crippen LogP contribution >= 0.6 is 0 Å². The molecule has 42 valence electrons. The SMILES string of the molecule is O.O=S(=O)([O-])[O-].[Sn+2]. The summed E-state index contributed by atoms with van der Waals surface area (Å²) in [5.41, 5.74) is 0. The molecule has 0 aromatic rings. The molecule has 2 radical (unpaired) electrons. The number of rotatable bonds is 0. The first kappa shape index (κ1) is 15.6. The van der Waals surface area contributed by atoms with E-state index in [0.29, 0.717) is 0 Å². The fourth-order valence-corrected chi connectivity index (χ4v) is 0. The van der Waals surface area contributed by atoms with Gasteiger partial charge in [-0.2, -0.15) is 0 Å². The van der Waals surface area contributed by atoms with Crippen LogP contribution in [0.4, 0.5) is 0 Å². The molecule has 0 bridgehead atoms. The van der Waals surface area contributed by atoms with Crippen molar-refractivity contribution in [1.82, 2.24) is 0 Å². The van der Waals surface area contributed by atoms with E-state index >= 15 is 0 Å². The molecule has 7 heavy (non-hydrogen) atoms. The topological polar surface area (TPSA) is 112 Å². The third-order valence-corrected chi connectivity index (χ3v) is 0. The van der Waals surface area contributed by atoms with E-state index in [2.05, 4.69) is 0 Å². The summed E-state index contributed by atoms with van der Waals surface area (Å²) in [4.78, 5) is 0. The van der Waals surface area contributed by atoms with Crippen molar-refractivity contribution >= 4 is 34.3 Å². The van der Waals surface area contributed by atoms with Crippen LogP contribution in [-0.2, 0) is 10.4 Å². The molecule has 0 spiro atoms. The van der Waals surface area contributed by atoms with Crippen molar-refractivity contribution in [2.75, 3.05) is 0 Å². The normalized spacial score (nSPS) is 8.29. The van der Waals surface area contributed by atoms with Gasteiger partial charge in [-0.3, -0.25) is 8.42 Å². The summed E-state index contributed by atoms with van der Waals surface area (Å²) in [6, 6.07) is 0. The van der Waals surface area contributed by atoms with Crippen LogP contribution < -0.4 is 0 Å². The van der Waals surface area contributed by atoms with Gasteiger partial charge in [0, 0.05) is 10.4 Å². The van der Waals surface area contributed by atoms with Gasteiger partial charge in [0.15, 0.2) is 0 Å². The van der Waals surface area contributed by atoms with Crippen molar-refractivity contribution in [3.63, 3.8) is 0 Å². The van der Waals surface area contributed by atoms with Gasteiger partial charge in [-0.05, 0) is 0 Å². The minimum Gasteiger partial charge on any atom is -0.759 e.